The molecule has 5 nitrogen and oxygen atoms in total. The lowest BCUT2D eigenvalue weighted by atomic mass is 10.0. The largest absolute Gasteiger partial charge is 0.456 e. The maximum atomic E-state index is 6.72. The summed E-state index contributed by atoms with van der Waals surface area (Å²) in [5, 5.41) is 9.25. The third-order valence-corrected chi connectivity index (χ3v) is 11.4. The predicted molar refractivity (Wildman–Crippen MR) is 238 cm³/mol. The van der Waals surface area contributed by atoms with Crippen LogP contribution in [0, 0.1) is 0 Å². The van der Waals surface area contributed by atoms with E-state index < -0.39 is 0 Å². The normalized spacial score (nSPS) is 11.8. The number of hydrogen-bond acceptors (Lipinski definition) is 4. The van der Waals surface area contributed by atoms with Gasteiger partial charge in [0.15, 0.2) is 17.5 Å². The van der Waals surface area contributed by atoms with Gasteiger partial charge in [-0.2, -0.15) is 0 Å². The molecule has 0 amide bonds. The van der Waals surface area contributed by atoms with Gasteiger partial charge in [0.05, 0.1) is 22.1 Å². The number of benzene rings is 9. The van der Waals surface area contributed by atoms with Crippen LogP contribution in [0.4, 0.5) is 0 Å². The van der Waals surface area contributed by atoms with Crippen LogP contribution in [-0.4, -0.2) is 19.5 Å². The first-order valence-corrected chi connectivity index (χ1v) is 19.5. The topological polar surface area (TPSA) is 56.7 Å². The fourth-order valence-corrected chi connectivity index (χ4v) is 8.58. The smallest absolute Gasteiger partial charge is 0.164 e. The van der Waals surface area contributed by atoms with E-state index in [1.165, 1.54) is 32.3 Å². The lowest BCUT2D eigenvalue weighted by Gasteiger charge is -2.14. The van der Waals surface area contributed by atoms with E-state index in [1.807, 2.05) is 48.5 Å². The summed E-state index contributed by atoms with van der Waals surface area (Å²) < 4.78 is 9.13. The summed E-state index contributed by atoms with van der Waals surface area (Å²) in [7, 11) is 0. The highest BCUT2D eigenvalue weighted by Gasteiger charge is 2.22. The Morgan fingerprint density at radius 1 is 0.328 bits per heavy atom. The van der Waals surface area contributed by atoms with Gasteiger partial charge in [-0.05, 0) is 75.1 Å². The van der Waals surface area contributed by atoms with Gasteiger partial charge in [-0.3, -0.25) is 0 Å². The van der Waals surface area contributed by atoms with Crippen molar-refractivity contribution < 1.29 is 4.42 Å². The molecule has 0 atom stereocenters. The van der Waals surface area contributed by atoms with Crippen molar-refractivity contribution >= 4 is 65.3 Å². The van der Waals surface area contributed by atoms with Gasteiger partial charge in [-0.1, -0.05) is 152 Å². The number of rotatable bonds is 5. The number of nitrogens with zero attached hydrogens (tertiary/aromatic N) is 4. The standard InChI is InChI=1S/C53H32N4O/c1-3-13-33(14-4-1)34-23-25-36(26-24-34)52-54-51(35-15-5-2-6-16-35)55-53(56-52)41-31-47(50-42-21-11-12-22-48(42)58-49(50)32-41)57-45-29-39-19-9-7-17-37(39)27-43(45)44-28-38-18-8-10-20-40(38)30-46(44)57/h1-32H. The summed E-state index contributed by atoms with van der Waals surface area (Å²) in [4.78, 5) is 15.5. The number of furan rings is 1. The molecule has 3 heterocycles. The van der Waals surface area contributed by atoms with Crippen molar-refractivity contribution in [3.05, 3.63) is 194 Å². The van der Waals surface area contributed by atoms with Crippen molar-refractivity contribution in [3.8, 4) is 51.0 Å². The molecule has 0 aliphatic rings. The molecule has 0 N–H and O–H groups in total. The average Bonchev–Trinajstić information content (AvgIpc) is 3.82. The van der Waals surface area contributed by atoms with E-state index in [4.69, 9.17) is 19.4 Å². The number of para-hydroxylation sites is 1. The van der Waals surface area contributed by atoms with Gasteiger partial charge >= 0.3 is 0 Å². The zero-order chi connectivity index (χ0) is 38.2. The van der Waals surface area contributed by atoms with Crippen molar-refractivity contribution in [2.45, 2.75) is 0 Å². The van der Waals surface area contributed by atoms with Crippen LogP contribution in [0.25, 0.3) is 116 Å². The second-order valence-corrected chi connectivity index (χ2v) is 14.9. The first-order valence-electron chi connectivity index (χ1n) is 19.5. The highest BCUT2D eigenvalue weighted by atomic mass is 16.3. The number of hydrogen-bond donors (Lipinski definition) is 0. The summed E-state index contributed by atoms with van der Waals surface area (Å²) in [5.41, 5.74) is 9.78. The first kappa shape index (κ1) is 32.4. The molecular formula is C53H32N4O. The van der Waals surface area contributed by atoms with Crippen molar-refractivity contribution in [2.24, 2.45) is 0 Å². The van der Waals surface area contributed by atoms with Gasteiger partial charge in [0.2, 0.25) is 0 Å². The average molecular weight is 741 g/mol. The molecule has 12 rings (SSSR count). The summed E-state index contributed by atoms with van der Waals surface area (Å²) in [5.74, 6) is 1.77. The Morgan fingerprint density at radius 2 is 0.776 bits per heavy atom. The number of aromatic nitrogens is 4. The Balaban J connectivity index is 1.15. The second kappa shape index (κ2) is 12.8. The summed E-state index contributed by atoms with van der Waals surface area (Å²) in [6.45, 7) is 0. The minimum Gasteiger partial charge on any atom is -0.456 e. The zero-order valence-electron chi connectivity index (χ0n) is 31.2. The molecule has 0 unspecified atom stereocenters. The summed E-state index contributed by atoms with van der Waals surface area (Å²) >= 11 is 0. The minimum atomic E-state index is 0.566. The van der Waals surface area contributed by atoms with Gasteiger partial charge in [0.1, 0.15) is 11.2 Å². The summed E-state index contributed by atoms with van der Waals surface area (Å²) in [6, 6.07) is 68.1. The van der Waals surface area contributed by atoms with E-state index >= 15 is 0 Å². The van der Waals surface area contributed by atoms with Gasteiger partial charge in [-0.25, -0.2) is 15.0 Å². The fraction of sp³-hybridized carbons (Fsp3) is 0. The van der Waals surface area contributed by atoms with Gasteiger partial charge in [0, 0.05) is 32.8 Å². The second-order valence-electron chi connectivity index (χ2n) is 14.9. The van der Waals surface area contributed by atoms with E-state index in [0.717, 1.165) is 66.5 Å². The lowest BCUT2D eigenvalue weighted by Crippen LogP contribution is -2.01. The zero-order valence-corrected chi connectivity index (χ0v) is 31.2. The van der Waals surface area contributed by atoms with Crippen molar-refractivity contribution in [3.63, 3.8) is 0 Å². The molecule has 0 spiro atoms. The molecule has 0 saturated heterocycles. The van der Waals surface area contributed by atoms with Gasteiger partial charge in [-0.15, -0.1) is 0 Å². The minimum absolute atomic E-state index is 0.566. The van der Waals surface area contributed by atoms with Crippen LogP contribution in [0.3, 0.4) is 0 Å². The molecule has 0 aliphatic carbocycles. The monoisotopic (exact) mass is 740 g/mol. The van der Waals surface area contributed by atoms with Crippen molar-refractivity contribution in [1.29, 1.82) is 0 Å². The van der Waals surface area contributed by atoms with Crippen LogP contribution in [0.2, 0.25) is 0 Å². The maximum Gasteiger partial charge on any atom is 0.164 e. The van der Waals surface area contributed by atoms with Gasteiger partial charge in [0.25, 0.3) is 0 Å². The van der Waals surface area contributed by atoms with Crippen molar-refractivity contribution in [1.82, 2.24) is 19.5 Å². The maximum absolute atomic E-state index is 6.72. The SMILES string of the molecule is c1ccc(-c2ccc(-c3nc(-c4ccccc4)nc(-c4cc(-n5c6cc7ccccc7cc6c6cc7ccccc7cc65)c5c(c4)oc4ccccc45)n3)cc2)cc1. The van der Waals surface area contributed by atoms with E-state index in [0.29, 0.717) is 17.5 Å². The van der Waals surface area contributed by atoms with Crippen LogP contribution < -0.4 is 0 Å². The highest BCUT2D eigenvalue weighted by Crippen LogP contribution is 2.43. The van der Waals surface area contributed by atoms with E-state index in [2.05, 4.69) is 150 Å². The van der Waals surface area contributed by atoms with Crippen LogP contribution in [0.1, 0.15) is 0 Å². The van der Waals surface area contributed by atoms with Crippen LogP contribution in [-0.2, 0) is 0 Å². The van der Waals surface area contributed by atoms with Crippen LogP contribution >= 0.6 is 0 Å². The molecular weight excluding hydrogens is 709 g/mol. The van der Waals surface area contributed by atoms with Crippen LogP contribution in [0.5, 0.6) is 0 Å². The first-order chi connectivity index (χ1) is 28.7. The fourth-order valence-electron chi connectivity index (χ4n) is 8.58. The third-order valence-electron chi connectivity index (χ3n) is 11.4. The molecule has 0 saturated carbocycles. The highest BCUT2D eigenvalue weighted by molar-refractivity contribution is 6.19. The molecule has 270 valence electrons. The Labute approximate surface area is 333 Å². The molecule has 9 aromatic carbocycles. The Hall–Kier alpha value is -7.89. The van der Waals surface area contributed by atoms with Gasteiger partial charge < -0.3 is 8.98 Å². The molecule has 0 aliphatic heterocycles. The number of fused-ring (bicyclic) bond motifs is 8. The molecule has 0 bridgehead atoms. The Morgan fingerprint density at radius 3 is 1.38 bits per heavy atom. The molecule has 3 aromatic heterocycles. The van der Waals surface area contributed by atoms with E-state index in [9.17, 15) is 0 Å². The Bertz CT molecular complexity index is 3460. The van der Waals surface area contributed by atoms with E-state index in [-0.39, 0.29) is 0 Å². The van der Waals surface area contributed by atoms with E-state index in [1.54, 1.807) is 0 Å². The van der Waals surface area contributed by atoms with Crippen molar-refractivity contribution in [2.75, 3.05) is 0 Å². The quantitative estimate of drug-likeness (QED) is 0.176. The molecule has 0 radical (unpaired) electrons. The predicted octanol–water partition coefficient (Wildman–Crippen LogP) is 13.8. The van der Waals surface area contributed by atoms with Crippen LogP contribution in [0.15, 0.2) is 199 Å². The molecule has 5 heteroatoms. The summed E-state index contributed by atoms with van der Waals surface area (Å²) in [6.07, 6.45) is 0. The third kappa shape index (κ3) is 5.21. The lowest BCUT2D eigenvalue weighted by molar-refractivity contribution is 0.669. The molecule has 12 aromatic rings. The molecule has 0 fully saturated rings. The Kier molecular flexibility index (Phi) is 7.16. The molecule has 58 heavy (non-hydrogen) atoms.